The van der Waals surface area contributed by atoms with E-state index in [0.29, 0.717) is 17.0 Å². The SMILES string of the molecule is COc1nccc2ccc(-n3c(N)c4c(cc3=O)C(=O)NC4=O)cc12. The van der Waals surface area contributed by atoms with Crippen molar-refractivity contribution in [2.75, 3.05) is 12.8 Å². The number of nitrogen functional groups attached to an aromatic ring is 1. The number of rotatable bonds is 2. The summed E-state index contributed by atoms with van der Waals surface area (Å²) < 4.78 is 6.43. The van der Waals surface area contributed by atoms with E-state index in [9.17, 15) is 14.4 Å². The summed E-state index contributed by atoms with van der Waals surface area (Å²) in [7, 11) is 1.50. The van der Waals surface area contributed by atoms with Crippen molar-refractivity contribution < 1.29 is 14.3 Å². The lowest BCUT2D eigenvalue weighted by molar-refractivity contribution is 0.0880. The van der Waals surface area contributed by atoms with Crippen molar-refractivity contribution in [3.05, 3.63) is 58.0 Å². The first-order valence-corrected chi connectivity index (χ1v) is 7.35. The molecule has 0 unspecified atom stereocenters. The number of carbonyl (C=O) groups excluding carboxylic acids is 2. The van der Waals surface area contributed by atoms with E-state index in [1.54, 1.807) is 24.4 Å². The first-order chi connectivity index (χ1) is 12.0. The zero-order chi connectivity index (χ0) is 17.7. The highest BCUT2D eigenvalue weighted by Crippen LogP contribution is 2.27. The number of carbonyl (C=O) groups is 2. The van der Waals surface area contributed by atoms with Crippen LogP contribution in [0, 0.1) is 0 Å². The van der Waals surface area contributed by atoms with Crippen molar-refractivity contribution in [2.45, 2.75) is 0 Å². The van der Waals surface area contributed by atoms with Gasteiger partial charge < -0.3 is 10.5 Å². The summed E-state index contributed by atoms with van der Waals surface area (Å²) in [5.74, 6) is -0.931. The Morgan fingerprint density at radius 3 is 2.68 bits per heavy atom. The number of nitrogens with zero attached hydrogens (tertiary/aromatic N) is 2. The lowest BCUT2D eigenvalue weighted by Gasteiger charge is -2.13. The molecule has 0 saturated heterocycles. The zero-order valence-electron chi connectivity index (χ0n) is 13.1. The van der Waals surface area contributed by atoms with E-state index in [0.717, 1.165) is 11.5 Å². The third-order valence-electron chi connectivity index (χ3n) is 4.12. The Morgan fingerprint density at radius 1 is 1.12 bits per heavy atom. The predicted octanol–water partition coefficient (Wildman–Crippen LogP) is 0.860. The van der Waals surface area contributed by atoms with Gasteiger partial charge in [0.05, 0.1) is 23.9 Å². The highest BCUT2D eigenvalue weighted by atomic mass is 16.5. The van der Waals surface area contributed by atoms with E-state index < -0.39 is 17.4 Å². The van der Waals surface area contributed by atoms with Gasteiger partial charge in [-0.2, -0.15) is 0 Å². The zero-order valence-corrected chi connectivity index (χ0v) is 13.1. The molecule has 3 N–H and O–H groups in total. The average Bonchev–Trinajstić information content (AvgIpc) is 2.88. The van der Waals surface area contributed by atoms with Crippen LogP contribution >= 0.6 is 0 Å². The number of fused-ring (bicyclic) bond motifs is 2. The van der Waals surface area contributed by atoms with Crippen LogP contribution in [0.4, 0.5) is 5.82 Å². The maximum atomic E-state index is 12.5. The number of hydrogen-bond donors (Lipinski definition) is 2. The first kappa shape index (κ1) is 14.9. The number of hydrogen-bond acceptors (Lipinski definition) is 6. The Morgan fingerprint density at radius 2 is 1.92 bits per heavy atom. The molecule has 25 heavy (non-hydrogen) atoms. The second-order valence-electron chi connectivity index (χ2n) is 5.50. The monoisotopic (exact) mass is 336 g/mol. The Kier molecular flexibility index (Phi) is 3.08. The van der Waals surface area contributed by atoms with Gasteiger partial charge in [-0.05, 0) is 23.6 Å². The number of nitrogens with two attached hydrogens (primary N) is 1. The normalized spacial score (nSPS) is 13.0. The lowest BCUT2D eigenvalue weighted by atomic mass is 10.1. The van der Waals surface area contributed by atoms with Crippen molar-refractivity contribution in [1.29, 1.82) is 0 Å². The summed E-state index contributed by atoms with van der Waals surface area (Å²) in [6.45, 7) is 0. The van der Waals surface area contributed by atoms with Crippen molar-refractivity contribution in [3.63, 3.8) is 0 Å². The minimum atomic E-state index is -0.625. The van der Waals surface area contributed by atoms with Crippen LogP contribution in [0.25, 0.3) is 16.5 Å². The molecule has 0 atom stereocenters. The fourth-order valence-electron chi connectivity index (χ4n) is 2.98. The van der Waals surface area contributed by atoms with E-state index in [-0.39, 0.29) is 16.9 Å². The Balaban J connectivity index is 2.02. The van der Waals surface area contributed by atoms with Crippen LogP contribution in [0.5, 0.6) is 5.88 Å². The average molecular weight is 336 g/mol. The van der Waals surface area contributed by atoms with Crippen molar-refractivity contribution in [2.24, 2.45) is 0 Å². The van der Waals surface area contributed by atoms with Gasteiger partial charge in [0, 0.05) is 17.6 Å². The van der Waals surface area contributed by atoms with Crippen LogP contribution in [0.3, 0.4) is 0 Å². The third-order valence-corrected chi connectivity index (χ3v) is 4.12. The molecular formula is C17H12N4O4. The fourth-order valence-corrected chi connectivity index (χ4v) is 2.98. The van der Waals surface area contributed by atoms with Gasteiger partial charge in [-0.25, -0.2) is 4.98 Å². The van der Waals surface area contributed by atoms with Crippen molar-refractivity contribution in [3.8, 4) is 11.6 Å². The van der Waals surface area contributed by atoms with Crippen LogP contribution < -0.4 is 21.3 Å². The topological polar surface area (TPSA) is 116 Å². The minimum Gasteiger partial charge on any atom is -0.481 e. The quantitative estimate of drug-likeness (QED) is 0.671. The molecule has 3 aromatic rings. The summed E-state index contributed by atoms with van der Waals surface area (Å²) in [5.41, 5.74) is 5.96. The number of amides is 2. The molecule has 1 aliphatic rings. The van der Waals surface area contributed by atoms with E-state index in [1.807, 2.05) is 6.07 Å². The van der Waals surface area contributed by atoms with Crippen LogP contribution in [-0.4, -0.2) is 28.5 Å². The van der Waals surface area contributed by atoms with E-state index in [4.69, 9.17) is 10.5 Å². The number of pyridine rings is 2. The molecule has 0 aliphatic carbocycles. The van der Waals surface area contributed by atoms with Crippen LogP contribution in [-0.2, 0) is 0 Å². The molecule has 0 spiro atoms. The second kappa shape index (κ2) is 5.17. The molecule has 3 heterocycles. The number of anilines is 1. The largest absolute Gasteiger partial charge is 0.481 e. The molecule has 8 heteroatoms. The molecule has 0 saturated carbocycles. The summed E-state index contributed by atoms with van der Waals surface area (Å²) in [6.07, 6.45) is 1.62. The lowest BCUT2D eigenvalue weighted by Crippen LogP contribution is -2.24. The van der Waals surface area contributed by atoms with Crippen molar-refractivity contribution in [1.82, 2.24) is 14.9 Å². The number of methoxy groups -OCH3 is 1. The maximum absolute atomic E-state index is 12.5. The number of nitrogens with one attached hydrogen (secondary N) is 1. The van der Waals surface area contributed by atoms with E-state index in [2.05, 4.69) is 10.3 Å². The summed E-state index contributed by atoms with van der Waals surface area (Å²) >= 11 is 0. The molecule has 0 fully saturated rings. The highest BCUT2D eigenvalue weighted by Gasteiger charge is 2.31. The van der Waals surface area contributed by atoms with E-state index in [1.165, 1.54) is 11.7 Å². The molecular weight excluding hydrogens is 324 g/mol. The van der Waals surface area contributed by atoms with Gasteiger partial charge in [-0.15, -0.1) is 0 Å². The van der Waals surface area contributed by atoms with Gasteiger partial charge >= 0.3 is 0 Å². The molecule has 2 amide bonds. The van der Waals surface area contributed by atoms with Gasteiger partial charge in [0.25, 0.3) is 17.4 Å². The Labute approximate surface area is 140 Å². The van der Waals surface area contributed by atoms with Gasteiger partial charge in [0.2, 0.25) is 5.88 Å². The van der Waals surface area contributed by atoms with Gasteiger partial charge in [-0.1, -0.05) is 6.07 Å². The molecule has 4 rings (SSSR count). The fraction of sp³-hybridized carbons (Fsp3) is 0.0588. The van der Waals surface area contributed by atoms with Crippen molar-refractivity contribution >= 4 is 28.4 Å². The number of aromatic nitrogens is 2. The molecule has 2 aromatic heterocycles. The molecule has 124 valence electrons. The minimum absolute atomic E-state index is 0.00264. The van der Waals surface area contributed by atoms with Gasteiger partial charge in [0.1, 0.15) is 5.82 Å². The first-order valence-electron chi connectivity index (χ1n) is 7.35. The van der Waals surface area contributed by atoms with Crippen LogP contribution in [0.2, 0.25) is 0 Å². The molecule has 1 aromatic carbocycles. The smallest absolute Gasteiger partial charge is 0.262 e. The Hall–Kier alpha value is -3.68. The highest BCUT2D eigenvalue weighted by molar-refractivity contribution is 6.23. The summed E-state index contributed by atoms with van der Waals surface area (Å²) in [6, 6.07) is 8.10. The standard InChI is InChI=1S/C17H12N4O4/c1-25-17-10-6-9(3-2-8(10)4-5-19-17)21-12(22)7-11-13(14(21)18)16(24)20-15(11)23/h2-7H,18H2,1H3,(H,20,23,24). The molecule has 0 bridgehead atoms. The number of ether oxygens (including phenoxy) is 1. The second-order valence-corrected chi connectivity index (χ2v) is 5.50. The molecule has 0 radical (unpaired) electrons. The third kappa shape index (κ3) is 2.08. The van der Waals surface area contributed by atoms with Gasteiger partial charge in [0.15, 0.2) is 0 Å². The summed E-state index contributed by atoms with van der Waals surface area (Å²) in [4.78, 5) is 40.3. The summed E-state index contributed by atoms with van der Waals surface area (Å²) in [5, 5.41) is 3.70. The van der Waals surface area contributed by atoms with Crippen LogP contribution in [0.1, 0.15) is 20.7 Å². The van der Waals surface area contributed by atoms with Gasteiger partial charge in [-0.3, -0.25) is 24.3 Å². The molecule has 1 aliphatic heterocycles. The predicted molar refractivity (Wildman–Crippen MR) is 90.1 cm³/mol. The Bertz CT molecular complexity index is 1130. The maximum Gasteiger partial charge on any atom is 0.262 e. The van der Waals surface area contributed by atoms with E-state index >= 15 is 0 Å². The molecule has 8 nitrogen and oxygen atoms in total. The number of imide groups is 1. The van der Waals surface area contributed by atoms with Crippen LogP contribution in [0.15, 0.2) is 41.3 Å². The number of benzene rings is 1.